The van der Waals surface area contributed by atoms with Gasteiger partial charge in [-0.2, -0.15) is 0 Å². The molecule has 1 amide bonds. The Morgan fingerprint density at radius 1 is 1.53 bits per heavy atom. The van der Waals surface area contributed by atoms with Crippen LogP contribution in [0.25, 0.3) is 0 Å². The van der Waals surface area contributed by atoms with E-state index in [0.717, 1.165) is 11.4 Å². The minimum absolute atomic E-state index is 0.0268. The Hall–Kier alpha value is -1.09. The van der Waals surface area contributed by atoms with Crippen LogP contribution in [0.15, 0.2) is 18.2 Å². The van der Waals surface area contributed by atoms with Gasteiger partial charge < -0.3 is 5.32 Å². The van der Waals surface area contributed by atoms with Crippen LogP contribution in [0.4, 0.5) is 0 Å². The van der Waals surface area contributed by atoms with E-state index >= 15 is 0 Å². The maximum Gasteiger partial charge on any atom is 0.220 e. The van der Waals surface area contributed by atoms with E-state index in [-0.39, 0.29) is 5.91 Å². The van der Waals surface area contributed by atoms with Crippen molar-refractivity contribution in [1.82, 2.24) is 10.3 Å². The summed E-state index contributed by atoms with van der Waals surface area (Å²) in [6.45, 7) is 2.42. The van der Waals surface area contributed by atoms with Gasteiger partial charge in [0.15, 0.2) is 0 Å². The highest BCUT2D eigenvalue weighted by Crippen LogP contribution is 1.98. The largest absolute Gasteiger partial charge is 0.350 e. The molecule has 0 bridgehead atoms. The first-order chi connectivity index (χ1) is 7.22. The Bertz CT molecular complexity index is 328. The molecule has 0 fully saturated rings. The van der Waals surface area contributed by atoms with E-state index in [1.165, 1.54) is 0 Å². The molecule has 15 heavy (non-hydrogen) atoms. The second kappa shape index (κ2) is 6.40. The third kappa shape index (κ3) is 4.79. The van der Waals surface area contributed by atoms with Gasteiger partial charge in [-0.1, -0.05) is 6.07 Å². The molecule has 1 aromatic heterocycles. The molecular formula is C11H15ClN2O. The van der Waals surface area contributed by atoms with E-state index in [0.29, 0.717) is 25.3 Å². The van der Waals surface area contributed by atoms with Crippen LogP contribution in [0.2, 0.25) is 0 Å². The standard InChI is InChI=1S/C11H15ClN2O/c1-9-4-2-5-10(14-9)8-13-11(15)6-3-7-12/h2,4-5H,3,6-8H2,1H3,(H,13,15). The summed E-state index contributed by atoms with van der Waals surface area (Å²) in [5.41, 5.74) is 1.84. The zero-order chi connectivity index (χ0) is 11.1. The number of hydrogen-bond acceptors (Lipinski definition) is 2. The molecule has 82 valence electrons. The van der Waals surface area contributed by atoms with Gasteiger partial charge in [0, 0.05) is 18.0 Å². The molecule has 0 unspecified atom stereocenters. The maximum atomic E-state index is 11.3. The molecule has 0 saturated carbocycles. The van der Waals surface area contributed by atoms with Crippen molar-refractivity contribution in [2.75, 3.05) is 5.88 Å². The number of nitrogens with one attached hydrogen (secondary N) is 1. The summed E-state index contributed by atoms with van der Waals surface area (Å²) in [4.78, 5) is 15.5. The fourth-order valence-corrected chi connectivity index (χ4v) is 1.34. The van der Waals surface area contributed by atoms with Crippen molar-refractivity contribution in [3.63, 3.8) is 0 Å². The number of aromatic nitrogens is 1. The molecule has 1 heterocycles. The number of hydrogen-bond donors (Lipinski definition) is 1. The monoisotopic (exact) mass is 226 g/mol. The van der Waals surface area contributed by atoms with Crippen molar-refractivity contribution in [2.45, 2.75) is 26.3 Å². The second-order valence-electron chi connectivity index (χ2n) is 3.34. The van der Waals surface area contributed by atoms with Gasteiger partial charge in [-0.25, -0.2) is 0 Å². The zero-order valence-electron chi connectivity index (χ0n) is 8.79. The molecule has 1 rings (SSSR count). The smallest absolute Gasteiger partial charge is 0.220 e. The van der Waals surface area contributed by atoms with Gasteiger partial charge in [0.05, 0.1) is 12.2 Å². The van der Waals surface area contributed by atoms with Gasteiger partial charge in [-0.05, 0) is 25.5 Å². The van der Waals surface area contributed by atoms with Crippen LogP contribution in [0, 0.1) is 6.92 Å². The molecule has 0 aromatic carbocycles. The lowest BCUT2D eigenvalue weighted by Gasteiger charge is -2.04. The fraction of sp³-hybridized carbons (Fsp3) is 0.455. The van der Waals surface area contributed by atoms with Crippen molar-refractivity contribution < 1.29 is 4.79 Å². The predicted octanol–water partition coefficient (Wildman–Crippen LogP) is 2.03. The molecule has 0 radical (unpaired) electrons. The summed E-state index contributed by atoms with van der Waals surface area (Å²) in [7, 11) is 0. The topological polar surface area (TPSA) is 42.0 Å². The number of aryl methyl sites for hydroxylation is 1. The van der Waals surface area contributed by atoms with E-state index in [1.54, 1.807) is 0 Å². The highest BCUT2D eigenvalue weighted by molar-refractivity contribution is 6.17. The predicted molar refractivity (Wildman–Crippen MR) is 60.8 cm³/mol. The number of halogens is 1. The van der Waals surface area contributed by atoms with Crippen molar-refractivity contribution in [3.8, 4) is 0 Å². The Morgan fingerprint density at radius 3 is 3.00 bits per heavy atom. The van der Waals surface area contributed by atoms with Crippen LogP contribution in [0.5, 0.6) is 0 Å². The second-order valence-corrected chi connectivity index (χ2v) is 3.72. The molecule has 4 heteroatoms. The summed E-state index contributed by atoms with van der Waals surface area (Å²) in [5, 5.41) is 2.80. The first-order valence-corrected chi connectivity index (χ1v) is 5.51. The van der Waals surface area contributed by atoms with E-state index < -0.39 is 0 Å². The normalized spacial score (nSPS) is 10.0. The number of amides is 1. The summed E-state index contributed by atoms with van der Waals surface area (Å²) < 4.78 is 0. The van der Waals surface area contributed by atoms with Crippen LogP contribution in [-0.2, 0) is 11.3 Å². The average molecular weight is 227 g/mol. The Balaban J connectivity index is 2.33. The Labute approximate surface area is 94.9 Å². The van der Waals surface area contributed by atoms with Gasteiger partial charge in [0.2, 0.25) is 5.91 Å². The van der Waals surface area contributed by atoms with Crippen molar-refractivity contribution >= 4 is 17.5 Å². The van der Waals surface area contributed by atoms with Crippen molar-refractivity contribution in [3.05, 3.63) is 29.6 Å². The SMILES string of the molecule is Cc1cccc(CNC(=O)CCCCl)n1. The molecule has 0 aliphatic rings. The van der Waals surface area contributed by atoms with Gasteiger partial charge >= 0.3 is 0 Å². The number of pyridine rings is 1. The lowest BCUT2D eigenvalue weighted by atomic mass is 10.3. The first-order valence-electron chi connectivity index (χ1n) is 4.97. The third-order valence-corrected chi connectivity index (χ3v) is 2.22. The lowest BCUT2D eigenvalue weighted by molar-refractivity contribution is -0.121. The van der Waals surface area contributed by atoms with Gasteiger partial charge in [-0.3, -0.25) is 9.78 Å². The first kappa shape index (κ1) is 12.0. The van der Waals surface area contributed by atoms with Crippen LogP contribution >= 0.6 is 11.6 Å². The number of nitrogens with zero attached hydrogens (tertiary/aromatic N) is 1. The quantitative estimate of drug-likeness (QED) is 0.781. The van der Waals surface area contributed by atoms with Crippen LogP contribution < -0.4 is 5.32 Å². The van der Waals surface area contributed by atoms with Gasteiger partial charge in [0.25, 0.3) is 0 Å². The molecule has 0 spiro atoms. The van der Waals surface area contributed by atoms with Crippen LogP contribution in [0.3, 0.4) is 0 Å². The van der Waals surface area contributed by atoms with Crippen molar-refractivity contribution in [2.24, 2.45) is 0 Å². The molecule has 1 N–H and O–H groups in total. The number of alkyl halides is 1. The van der Waals surface area contributed by atoms with Crippen LogP contribution in [0.1, 0.15) is 24.2 Å². The minimum Gasteiger partial charge on any atom is -0.350 e. The van der Waals surface area contributed by atoms with E-state index in [4.69, 9.17) is 11.6 Å². The van der Waals surface area contributed by atoms with E-state index in [9.17, 15) is 4.79 Å². The molecule has 0 atom stereocenters. The van der Waals surface area contributed by atoms with E-state index in [2.05, 4.69) is 10.3 Å². The Morgan fingerprint density at radius 2 is 2.33 bits per heavy atom. The average Bonchev–Trinajstić information content (AvgIpc) is 2.23. The minimum atomic E-state index is 0.0268. The van der Waals surface area contributed by atoms with E-state index in [1.807, 2.05) is 25.1 Å². The van der Waals surface area contributed by atoms with Gasteiger partial charge in [-0.15, -0.1) is 11.6 Å². The summed E-state index contributed by atoms with van der Waals surface area (Å²) in [6, 6.07) is 5.76. The summed E-state index contributed by atoms with van der Waals surface area (Å²) in [5.74, 6) is 0.551. The number of carbonyl (C=O) groups is 1. The molecule has 0 aliphatic carbocycles. The number of rotatable bonds is 5. The lowest BCUT2D eigenvalue weighted by Crippen LogP contribution is -2.23. The fourth-order valence-electron chi connectivity index (χ4n) is 1.20. The maximum absolute atomic E-state index is 11.3. The molecule has 0 aliphatic heterocycles. The zero-order valence-corrected chi connectivity index (χ0v) is 9.55. The highest BCUT2D eigenvalue weighted by Gasteiger charge is 2.01. The summed E-state index contributed by atoms with van der Waals surface area (Å²) in [6.07, 6.45) is 1.20. The third-order valence-electron chi connectivity index (χ3n) is 1.95. The van der Waals surface area contributed by atoms with Crippen LogP contribution in [-0.4, -0.2) is 16.8 Å². The Kier molecular flexibility index (Phi) is 5.12. The summed E-state index contributed by atoms with van der Waals surface area (Å²) >= 11 is 5.49. The molecular weight excluding hydrogens is 212 g/mol. The van der Waals surface area contributed by atoms with Gasteiger partial charge in [0.1, 0.15) is 0 Å². The molecule has 3 nitrogen and oxygen atoms in total. The molecule has 1 aromatic rings. The molecule has 0 saturated heterocycles. The van der Waals surface area contributed by atoms with Crippen molar-refractivity contribution in [1.29, 1.82) is 0 Å². The highest BCUT2D eigenvalue weighted by atomic mass is 35.5. The number of carbonyl (C=O) groups excluding carboxylic acids is 1.